The minimum atomic E-state index is 0.133. The molecule has 22 heavy (non-hydrogen) atoms. The lowest BCUT2D eigenvalue weighted by atomic mass is 9.91. The van der Waals surface area contributed by atoms with Crippen LogP contribution in [0, 0.1) is 5.92 Å². The van der Waals surface area contributed by atoms with Crippen LogP contribution in [0.5, 0.6) is 5.75 Å². The van der Waals surface area contributed by atoms with Crippen molar-refractivity contribution in [3.05, 3.63) is 27.7 Å². The number of thiazole rings is 1. The summed E-state index contributed by atoms with van der Waals surface area (Å²) >= 11 is 5.27. The van der Waals surface area contributed by atoms with Gasteiger partial charge in [0.05, 0.1) is 20.8 Å². The number of halogens is 1. The van der Waals surface area contributed by atoms with Crippen molar-refractivity contribution < 1.29 is 9.53 Å². The third-order valence-corrected chi connectivity index (χ3v) is 5.44. The van der Waals surface area contributed by atoms with Gasteiger partial charge in [-0.25, -0.2) is 4.98 Å². The quantitative estimate of drug-likeness (QED) is 0.682. The lowest BCUT2D eigenvalue weighted by Crippen LogP contribution is -2.06. The second-order valence-electron chi connectivity index (χ2n) is 5.84. The molecule has 0 bridgehead atoms. The van der Waals surface area contributed by atoms with Crippen LogP contribution in [0.1, 0.15) is 38.1 Å². The van der Waals surface area contributed by atoms with Crippen molar-refractivity contribution >= 4 is 49.3 Å². The Labute approximate surface area is 142 Å². The topological polar surface area (TPSA) is 39.2 Å². The predicted octanol–water partition coefficient (Wildman–Crippen LogP) is 5.23. The van der Waals surface area contributed by atoms with Crippen molar-refractivity contribution in [2.45, 2.75) is 39.2 Å². The SMILES string of the molecule is CC(C)Oc1cc2nc(C3=CCC(C=O)CC3)sc2cc1Br. The van der Waals surface area contributed by atoms with Gasteiger partial charge in [-0.3, -0.25) is 0 Å². The molecule has 1 heterocycles. The first-order valence-electron chi connectivity index (χ1n) is 7.48. The van der Waals surface area contributed by atoms with Gasteiger partial charge in [-0.2, -0.15) is 0 Å². The average molecular weight is 380 g/mol. The van der Waals surface area contributed by atoms with Gasteiger partial charge in [0, 0.05) is 12.0 Å². The first-order chi connectivity index (χ1) is 10.6. The molecule has 1 aliphatic carbocycles. The minimum Gasteiger partial charge on any atom is -0.490 e. The fraction of sp³-hybridized carbons (Fsp3) is 0.412. The number of hydrogen-bond donors (Lipinski definition) is 0. The zero-order valence-corrected chi connectivity index (χ0v) is 15.0. The van der Waals surface area contributed by atoms with Gasteiger partial charge in [-0.15, -0.1) is 11.3 Å². The number of rotatable bonds is 4. The number of fused-ring (bicyclic) bond motifs is 1. The van der Waals surface area contributed by atoms with Gasteiger partial charge in [-0.05, 0) is 60.7 Å². The molecule has 0 N–H and O–H groups in total. The van der Waals surface area contributed by atoms with E-state index in [4.69, 9.17) is 9.72 Å². The molecule has 2 aromatic rings. The maximum atomic E-state index is 10.8. The van der Waals surface area contributed by atoms with Gasteiger partial charge in [0.1, 0.15) is 17.0 Å². The van der Waals surface area contributed by atoms with Gasteiger partial charge in [0.25, 0.3) is 0 Å². The lowest BCUT2D eigenvalue weighted by Gasteiger charge is -2.15. The van der Waals surface area contributed by atoms with Crippen molar-refractivity contribution in [3.8, 4) is 5.75 Å². The molecule has 1 unspecified atom stereocenters. The van der Waals surface area contributed by atoms with Crippen molar-refractivity contribution in [3.63, 3.8) is 0 Å². The van der Waals surface area contributed by atoms with Crippen molar-refractivity contribution in [2.24, 2.45) is 5.92 Å². The summed E-state index contributed by atoms with van der Waals surface area (Å²) in [4.78, 5) is 15.6. The van der Waals surface area contributed by atoms with Crippen LogP contribution >= 0.6 is 27.3 Å². The molecule has 0 fully saturated rings. The van der Waals surface area contributed by atoms with E-state index in [1.165, 1.54) is 5.57 Å². The molecule has 0 amide bonds. The summed E-state index contributed by atoms with van der Waals surface area (Å²) in [5.74, 6) is 1.01. The van der Waals surface area contributed by atoms with Gasteiger partial charge >= 0.3 is 0 Å². The molecule has 116 valence electrons. The molecule has 1 atom stereocenters. The number of aromatic nitrogens is 1. The van der Waals surface area contributed by atoms with Crippen LogP contribution in [0.25, 0.3) is 15.8 Å². The maximum Gasteiger partial charge on any atom is 0.136 e. The largest absolute Gasteiger partial charge is 0.490 e. The molecular weight excluding hydrogens is 362 g/mol. The highest BCUT2D eigenvalue weighted by atomic mass is 79.9. The van der Waals surface area contributed by atoms with E-state index in [-0.39, 0.29) is 12.0 Å². The highest BCUT2D eigenvalue weighted by Crippen LogP contribution is 2.38. The Hall–Kier alpha value is -1.20. The average Bonchev–Trinajstić information content (AvgIpc) is 2.90. The molecule has 1 aromatic carbocycles. The van der Waals surface area contributed by atoms with E-state index in [0.29, 0.717) is 0 Å². The molecule has 0 aliphatic heterocycles. The summed E-state index contributed by atoms with van der Waals surface area (Å²) in [5.41, 5.74) is 2.24. The molecule has 0 saturated carbocycles. The fourth-order valence-electron chi connectivity index (χ4n) is 2.58. The van der Waals surface area contributed by atoms with E-state index in [9.17, 15) is 4.79 Å². The molecule has 3 rings (SSSR count). The Kier molecular flexibility index (Phi) is 4.64. The molecule has 0 saturated heterocycles. The number of carbonyl (C=O) groups is 1. The van der Waals surface area contributed by atoms with E-state index < -0.39 is 0 Å². The van der Waals surface area contributed by atoms with Crippen LogP contribution in [0.3, 0.4) is 0 Å². The number of ether oxygens (including phenoxy) is 1. The predicted molar refractivity (Wildman–Crippen MR) is 94.5 cm³/mol. The summed E-state index contributed by atoms with van der Waals surface area (Å²) in [5, 5.41) is 1.06. The highest BCUT2D eigenvalue weighted by molar-refractivity contribution is 9.10. The Morgan fingerprint density at radius 3 is 2.91 bits per heavy atom. The zero-order chi connectivity index (χ0) is 15.7. The van der Waals surface area contributed by atoms with Gasteiger partial charge in [-0.1, -0.05) is 6.08 Å². The Morgan fingerprint density at radius 2 is 2.27 bits per heavy atom. The fourth-order valence-corrected chi connectivity index (χ4v) is 4.23. The summed E-state index contributed by atoms with van der Waals surface area (Å²) in [7, 11) is 0. The molecule has 1 aliphatic rings. The maximum absolute atomic E-state index is 10.8. The summed E-state index contributed by atoms with van der Waals surface area (Å²) in [6.45, 7) is 4.03. The Bertz CT molecular complexity index is 736. The number of benzene rings is 1. The van der Waals surface area contributed by atoms with Crippen LogP contribution < -0.4 is 4.74 Å². The molecular formula is C17H18BrNO2S. The van der Waals surface area contributed by atoms with Crippen molar-refractivity contribution in [2.75, 3.05) is 0 Å². The Balaban J connectivity index is 1.93. The van der Waals surface area contributed by atoms with Crippen LogP contribution in [-0.4, -0.2) is 17.4 Å². The van der Waals surface area contributed by atoms with Crippen LogP contribution in [-0.2, 0) is 4.79 Å². The molecule has 3 nitrogen and oxygen atoms in total. The van der Waals surface area contributed by atoms with E-state index in [0.717, 1.165) is 51.0 Å². The smallest absolute Gasteiger partial charge is 0.136 e. The third-order valence-electron chi connectivity index (χ3n) is 3.72. The minimum absolute atomic E-state index is 0.133. The highest BCUT2D eigenvalue weighted by Gasteiger charge is 2.18. The second-order valence-corrected chi connectivity index (χ2v) is 7.72. The normalized spacial score (nSPS) is 18.5. The number of aldehydes is 1. The van der Waals surface area contributed by atoms with E-state index in [1.54, 1.807) is 11.3 Å². The number of nitrogens with zero attached hydrogens (tertiary/aromatic N) is 1. The monoisotopic (exact) mass is 379 g/mol. The van der Waals surface area contributed by atoms with E-state index in [1.807, 2.05) is 19.9 Å². The van der Waals surface area contributed by atoms with E-state index in [2.05, 4.69) is 28.1 Å². The summed E-state index contributed by atoms with van der Waals surface area (Å²) < 4.78 is 7.91. The third kappa shape index (κ3) is 3.25. The number of allylic oxidation sites excluding steroid dienone is 2. The molecule has 0 radical (unpaired) electrons. The lowest BCUT2D eigenvalue weighted by molar-refractivity contribution is -0.111. The number of carbonyl (C=O) groups excluding carboxylic acids is 1. The molecule has 0 spiro atoms. The van der Waals surface area contributed by atoms with Crippen molar-refractivity contribution in [1.29, 1.82) is 0 Å². The zero-order valence-electron chi connectivity index (χ0n) is 12.6. The summed E-state index contributed by atoms with van der Waals surface area (Å²) in [6, 6.07) is 4.07. The van der Waals surface area contributed by atoms with Crippen LogP contribution in [0.4, 0.5) is 0 Å². The van der Waals surface area contributed by atoms with E-state index >= 15 is 0 Å². The van der Waals surface area contributed by atoms with Gasteiger partial charge in [0.2, 0.25) is 0 Å². The summed E-state index contributed by atoms with van der Waals surface area (Å²) in [6.07, 6.45) is 6.06. The van der Waals surface area contributed by atoms with Crippen molar-refractivity contribution in [1.82, 2.24) is 4.98 Å². The Morgan fingerprint density at radius 1 is 1.45 bits per heavy atom. The first-order valence-corrected chi connectivity index (χ1v) is 9.09. The van der Waals surface area contributed by atoms with Crippen LogP contribution in [0.15, 0.2) is 22.7 Å². The molecule has 1 aromatic heterocycles. The van der Waals surface area contributed by atoms with Gasteiger partial charge in [0.15, 0.2) is 0 Å². The first kappa shape index (κ1) is 15.7. The second kappa shape index (κ2) is 6.50. The van der Waals surface area contributed by atoms with Crippen LogP contribution in [0.2, 0.25) is 0 Å². The van der Waals surface area contributed by atoms with Gasteiger partial charge < -0.3 is 9.53 Å². The standard InChI is InChI=1S/C17H18BrNO2S/c1-10(2)21-15-8-14-16(7-13(15)18)22-17(19-14)12-5-3-11(9-20)4-6-12/h5,7-11H,3-4,6H2,1-2H3. The molecule has 5 heteroatoms. The number of hydrogen-bond acceptors (Lipinski definition) is 4.